The van der Waals surface area contributed by atoms with Crippen molar-refractivity contribution in [1.82, 2.24) is 10.3 Å². The van der Waals surface area contributed by atoms with Crippen molar-refractivity contribution >= 4 is 11.9 Å². The van der Waals surface area contributed by atoms with Crippen LogP contribution in [0.15, 0.2) is 10.7 Å². The largest absolute Gasteiger partial charge is 0.432 e. The number of oxazole rings is 1. The molecule has 0 bridgehead atoms. The SMILES string of the molecule is Cc1coc(NC(=O)CNC(C)C)n1. The third-order valence-corrected chi connectivity index (χ3v) is 1.54. The number of rotatable bonds is 4. The molecule has 0 aliphatic heterocycles. The molecule has 1 amide bonds. The van der Waals surface area contributed by atoms with Crippen molar-refractivity contribution in [2.24, 2.45) is 0 Å². The highest BCUT2D eigenvalue weighted by atomic mass is 16.4. The van der Waals surface area contributed by atoms with Crippen molar-refractivity contribution in [1.29, 1.82) is 0 Å². The minimum absolute atomic E-state index is 0.152. The molecule has 0 saturated heterocycles. The van der Waals surface area contributed by atoms with E-state index < -0.39 is 0 Å². The zero-order valence-electron chi connectivity index (χ0n) is 8.63. The summed E-state index contributed by atoms with van der Waals surface area (Å²) in [6.45, 7) is 6.01. The lowest BCUT2D eigenvalue weighted by atomic mass is 10.4. The second-order valence-corrected chi connectivity index (χ2v) is 3.38. The van der Waals surface area contributed by atoms with Gasteiger partial charge in [-0.25, -0.2) is 0 Å². The van der Waals surface area contributed by atoms with Gasteiger partial charge in [-0.2, -0.15) is 4.98 Å². The van der Waals surface area contributed by atoms with Crippen molar-refractivity contribution in [2.45, 2.75) is 26.8 Å². The van der Waals surface area contributed by atoms with Crippen LogP contribution in [-0.2, 0) is 4.79 Å². The molecule has 0 aliphatic rings. The number of aromatic nitrogens is 1. The third kappa shape index (κ3) is 3.57. The summed E-state index contributed by atoms with van der Waals surface area (Å²) < 4.78 is 4.97. The van der Waals surface area contributed by atoms with Crippen molar-refractivity contribution < 1.29 is 9.21 Å². The highest BCUT2D eigenvalue weighted by Crippen LogP contribution is 2.04. The maximum absolute atomic E-state index is 11.3. The van der Waals surface area contributed by atoms with E-state index in [9.17, 15) is 4.79 Å². The lowest BCUT2D eigenvalue weighted by molar-refractivity contribution is -0.115. The standard InChI is InChI=1S/C9H15N3O2/c1-6(2)10-4-8(13)12-9-11-7(3)5-14-9/h5-6,10H,4H2,1-3H3,(H,11,12,13). The highest BCUT2D eigenvalue weighted by Gasteiger charge is 2.06. The molecule has 0 aromatic carbocycles. The van der Waals surface area contributed by atoms with E-state index in [1.165, 1.54) is 6.26 Å². The van der Waals surface area contributed by atoms with Crippen molar-refractivity contribution in [3.05, 3.63) is 12.0 Å². The molecule has 78 valence electrons. The molecule has 1 heterocycles. The minimum atomic E-state index is -0.152. The molecule has 0 saturated carbocycles. The molecular formula is C9H15N3O2. The Morgan fingerprint density at radius 1 is 1.64 bits per heavy atom. The summed E-state index contributed by atoms with van der Waals surface area (Å²) in [6.07, 6.45) is 1.49. The van der Waals surface area contributed by atoms with Crippen LogP contribution >= 0.6 is 0 Å². The fourth-order valence-electron chi connectivity index (χ4n) is 0.872. The number of nitrogens with one attached hydrogen (secondary N) is 2. The van der Waals surface area contributed by atoms with Crippen LogP contribution < -0.4 is 10.6 Å². The predicted molar refractivity (Wildman–Crippen MR) is 53.0 cm³/mol. The summed E-state index contributed by atoms with van der Waals surface area (Å²) in [5.74, 6) is -0.152. The van der Waals surface area contributed by atoms with Crippen LogP contribution in [0, 0.1) is 6.92 Å². The molecule has 2 N–H and O–H groups in total. The number of carbonyl (C=O) groups excluding carboxylic acids is 1. The quantitative estimate of drug-likeness (QED) is 0.753. The van der Waals surface area contributed by atoms with Gasteiger partial charge in [-0.05, 0) is 6.92 Å². The Bertz CT molecular complexity index is 307. The lowest BCUT2D eigenvalue weighted by Crippen LogP contribution is -2.32. The van der Waals surface area contributed by atoms with Gasteiger partial charge in [-0.1, -0.05) is 13.8 Å². The number of aryl methyl sites for hydroxylation is 1. The number of amides is 1. The van der Waals surface area contributed by atoms with Crippen molar-refractivity contribution in [2.75, 3.05) is 11.9 Å². The summed E-state index contributed by atoms with van der Waals surface area (Å²) in [5.41, 5.74) is 0.747. The molecule has 5 nitrogen and oxygen atoms in total. The van der Waals surface area contributed by atoms with Gasteiger partial charge < -0.3 is 9.73 Å². The van der Waals surface area contributed by atoms with E-state index in [2.05, 4.69) is 15.6 Å². The average molecular weight is 197 g/mol. The molecule has 5 heteroatoms. The molecule has 0 atom stereocenters. The lowest BCUT2D eigenvalue weighted by Gasteiger charge is -2.06. The summed E-state index contributed by atoms with van der Waals surface area (Å²) in [4.78, 5) is 15.2. The number of carbonyl (C=O) groups is 1. The average Bonchev–Trinajstić information content (AvgIpc) is 2.48. The number of nitrogens with zero attached hydrogens (tertiary/aromatic N) is 1. The van der Waals surface area contributed by atoms with Gasteiger partial charge in [0.15, 0.2) is 0 Å². The first-order valence-electron chi connectivity index (χ1n) is 4.53. The van der Waals surface area contributed by atoms with Gasteiger partial charge in [0.2, 0.25) is 5.91 Å². The highest BCUT2D eigenvalue weighted by molar-refractivity contribution is 5.90. The van der Waals surface area contributed by atoms with E-state index in [4.69, 9.17) is 4.42 Å². The first kappa shape index (κ1) is 10.7. The zero-order valence-corrected chi connectivity index (χ0v) is 8.63. The Morgan fingerprint density at radius 3 is 2.86 bits per heavy atom. The second kappa shape index (κ2) is 4.76. The molecule has 0 fully saturated rings. The Hall–Kier alpha value is -1.36. The van der Waals surface area contributed by atoms with Gasteiger partial charge in [0, 0.05) is 6.04 Å². The first-order chi connectivity index (χ1) is 6.58. The van der Waals surface area contributed by atoms with Crippen LogP contribution in [0.25, 0.3) is 0 Å². The molecule has 1 aromatic rings. The molecule has 0 spiro atoms. The first-order valence-corrected chi connectivity index (χ1v) is 4.53. The predicted octanol–water partition coefficient (Wildman–Crippen LogP) is 0.920. The Balaban J connectivity index is 2.34. The maximum Gasteiger partial charge on any atom is 0.301 e. The van der Waals surface area contributed by atoms with E-state index in [0.717, 1.165) is 5.69 Å². The van der Waals surface area contributed by atoms with Crippen LogP contribution in [0.2, 0.25) is 0 Å². The minimum Gasteiger partial charge on any atom is -0.432 e. The molecule has 0 unspecified atom stereocenters. The van der Waals surface area contributed by atoms with Gasteiger partial charge in [0.05, 0.1) is 12.2 Å². The monoisotopic (exact) mass is 197 g/mol. The molecule has 0 aliphatic carbocycles. The normalized spacial score (nSPS) is 10.6. The molecule has 14 heavy (non-hydrogen) atoms. The Morgan fingerprint density at radius 2 is 2.36 bits per heavy atom. The van der Waals surface area contributed by atoms with E-state index in [-0.39, 0.29) is 24.5 Å². The van der Waals surface area contributed by atoms with Crippen molar-refractivity contribution in [3.8, 4) is 0 Å². The van der Waals surface area contributed by atoms with Gasteiger partial charge in [0.1, 0.15) is 6.26 Å². The maximum atomic E-state index is 11.3. The topological polar surface area (TPSA) is 67.2 Å². The van der Waals surface area contributed by atoms with Crippen LogP contribution in [-0.4, -0.2) is 23.5 Å². The smallest absolute Gasteiger partial charge is 0.301 e. The Labute approximate surface area is 82.9 Å². The summed E-state index contributed by atoms with van der Waals surface area (Å²) in [6, 6.07) is 0.533. The van der Waals surface area contributed by atoms with Gasteiger partial charge in [0.25, 0.3) is 0 Å². The molecule has 1 rings (SSSR count). The number of hydrogen-bond donors (Lipinski definition) is 2. The molecule has 0 radical (unpaired) electrons. The van der Waals surface area contributed by atoms with Gasteiger partial charge in [-0.3, -0.25) is 10.1 Å². The van der Waals surface area contributed by atoms with Gasteiger partial charge in [-0.15, -0.1) is 0 Å². The molecular weight excluding hydrogens is 182 g/mol. The van der Waals surface area contributed by atoms with E-state index in [1.54, 1.807) is 6.92 Å². The zero-order chi connectivity index (χ0) is 10.6. The number of anilines is 1. The van der Waals surface area contributed by atoms with E-state index >= 15 is 0 Å². The van der Waals surface area contributed by atoms with Crippen LogP contribution in [0.1, 0.15) is 19.5 Å². The van der Waals surface area contributed by atoms with E-state index in [0.29, 0.717) is 0 Å². The summed E-state index contributed by atoms with van der Waals surface area (Å²) >= 11 is 0. The second-order valence-electron chi connectivity index (χ2n) is 3.38. The number of hydrogen-bond acceptors (Lipinski definition) is 4. The fourth-order valence-corrected chi connectivity index (χ4v) is 0.872. The summed E-state index contributed by atoms with van der Waals surface area (Å²) in [5, 5.41) is 5.53. The van der Waals surface area contributed by atoms with Crippen LogP contribution in [0.3, 0.4) is 0 Å². The fraction of sp³-hybridized carbons (Fsp3) is 0.556. The Kier molecular flexibility index (Phi) is 3.64. The summed E-state index contributed by atoms with van der Waals surface area (Å²) in [7, 11) is 0. The molecule has 1 aromatic heterocycles. The third-order valence-electron chi connectivity index (χ3n) is 1.54. The van der Waals surface area contributed by atoms with E-state index in [1.807, 2.05) is 13.8 Å². The van der Waals surface area contributed by atoms with Gasteiger partial charge >= 0.3 is 6.01 Å². The van der Waals surface area contributed by atoms with Crippen LogP contribution in [0.4, 0.5) is 6.01 Å². The van der Waals surface area contributed by atoms with Crippen LogP contribution in [0.5, 0.6) is 0 Å². The van der Waals surface area contributed by atoms with Crippen molar-refractivity contribution in [3.63, 3.8) is 0 Å².